The van der Waals surface area contributed by atoms with Crippen molar-refractivity contribution < 1.29 is 4.79 Å². The van der Waals surface area contributed by atoms with E-state index < -0.39 is 0 Å². The van der Waals surface area contributed by atoms with Crippen molar-refractivity contribution in [2.75, 3.05) is 31.1 Å². The molecule has 21 heavy (non-hydrogen) atoms. The molecule has 2 aromatic rings. The van der Waals surface area contributed by atoms with Gasteiger partial charge in [0.25, 0.3) is 5.91 Å². The number of nitrogens with zero attached hydrogens (tertiary/aromatic N) is 3. The molecule has 0 bridgehead atoms. The second-order valence-electron chi connectivity index (χ2n) is 4.97. The number of carbonyl (C=O) groups is 1. The first kappa shape index (κ1) is 14.1. The second kappa shape index (κ2) is 6.26. The van der Waals surface area contributed by atoms with E-state index in [1.807, 2.05) is 29.2 Å². The van der Waals surface area contributed by atoms with Crippen molar-refractivity contribution in [3.8, 4) is 0 Å². The average molecular weight is 346 g/mol. The van der Waals surface area contributed by atoms with Crippen LogP contribution < -0.4 is 4.90 Å². The van der Waals surface area contributed by atoms with Crippen molar-refractivity contribution in [1.82, 2.24) is 9.88 Å². The lowest BCUT2D eigenvalue weighted by atomic mass is 10.2. The number of rotatable bonds is 2. The van der Waals surface area contributed by atoms with E-state index in [1.54, 1.807) is 18.5 Å². The lowest BCUT2D eigenvalue weighted by Gasteiger charge is -2.36. The van der Waals surface area contributed by atoms with Gasteiger partial charge in [0.05, 0.1) is 11.3 Å². The van der Waals surface area contributed by atoms with Crippen molar-refractivity contribution in [2.45, 2.75) is 0 Å². The third-order valence-corrected chi connectivity index (χ3v) is 4.34. The molecule has 3 rings (SSSR count). The molecular weight excluding hydrogens is 330 g/mol. The molecular formula is C16H16BrN3O. The van der Waals surface area contributed by atoms with Crippen LogP contribution in [0.1, 0.15) is 10.4 Å². The van der Waals surface area contributed by atoms with E-state index in [0.717, 1.165) is 30.7 Å². The SMILES string of the molecule is O=C(c1cccnc1)N1CCN(c2ccccc2Br)CC1. The van der Waals surface area contributed by atoms with Gasteiger partial charge in [-0.1, -0.05) is 12.1 Å². The maximum Gasteiger partial charge on any atom is 0.255 e. The summed E-state index contributed by atoms with van der Waals surface area (Å²) in [5.41, 5.74) is 1.85. The number of amides is 1. The van der Waals surface area contributed by atoms with Crippen molar-refractivity contribution in [2.24, 2.45) is 0 Å². The Morgan fingerprint density at radius 2 is 1.81 bits per heavy atom. The summed E-state index contributed by atoms with van der Waals surface area (Å²) in [6.45, 7) is 3.15. The van der Waals surface area contributed by atoms with Crippen molar-refractivity contribution in [3.63, 3.8) is 0 Å². The van der Waals surface area contributed by atoms with Gasteiger partial charge in [0.15, 0.2) is 0 Å². The highest BCUT2D eigenvalue weighted by Gasteiger charge is 2.23. The summed E-state index contributed by atoms with van der Waals surface area (Å²) in [4.78, 5) is 20.6. The van der Waals surface area contributed by atoms with E-state index in [2.05, 4.69) is 31.9 Å². The first-order valence-electron chi connectivity index (χ1n) is 6.94. The van der Waals surface area contributed by atoms with Crippen molar-refractivity contribution in [1.29, 1.82) is 0 Å². The Morgan fingerprint density at radius 1 is 1.05 bits per heavy atom. The largest absolute Gasteiger partial charge is 0.367 e. The van der Waals surface area contributed by atoms with E-state index in [0.29, 0.717) is 5.56 Å². The molecule has 1 aromatic heterocycles. The number of hydrogen-bond donors (Lipinski definition) is 0. The molecule has 0 atom stereocenters. The Bertz CT molecular complexity index is 624. The van der Waals surface area contributed by atoms with Gasteiger partial charge in [-0.2, -0.15) is 0 Å². The first-order valence-corrected chi connectivity index (χ1v) is 7.74. The molecule has 5 heteroatoms. The predicted octanol–water partition coefficient (Wildman–Crippen LogP) is 2.81. The minimum atomic E-state index is 0.0647. The van der Waals surface area contributed by atoms with Gasteiger partial charge in [0.1, 0.15) is 0 Å². The van der Waals surface area contributed by atoms with Crippen LogP contribution in [0.5, 0.6) is 0 Å². The maximum atomic E-state index is 12.4. The van der Waals surface area contributed by atoms with Gasteiger partial charge >= 0.3 is 0 Å². The monoisotopic (exact) mass is 345 g/mol. The third-order valence-electron chi connectivity index (χ3n) is 3.67. The fraction of sp³-hybridized carbons (Fsp3) is 0.250. The molecule has 1 saturated heterocycles. The second-order valence-corrected chi connectivity index (χ2v) is 5.83. The maximum absolute atomic E-state index is 12.4. The number of piperazine rings is 1. The van der Waals surface area contributed by atoms with E-state index in [-0.39, 0.29) is 5.91 Å². The number of carbonyl (C=O) groups excluding carboxylic acids is 1. The van der Waals surface area contributed by atoms with Crippen LogP contribution in [0.2, 0.25) is 0 Å². The zero-order valence-corrected chi connectivity index (χ0v) is 13.2. The molecule has 0 aliphatic carbocycles. The molecule has 0 saturated carbocycles. The highest BCUT2D eigenvalue weighted by atomic mass is 79.9. The van der Waals surface area contributed by atoms with Gasteiger partial charge < -0.3 is 9.80 Å². The molecule has 1 fully saturated rings. The van der Waals surface area contributed by atoms with Crippen molar-refractivity contribution >= 4 is 27.5 Å². The number of pyridine rings is 1. The number of aromatic nitrogens is 1. The van der Waals surface area contributed by atoms with Crippen LogP contribution in [-0.2, 0) is 0 Å². The normalized spacial score (nSPS) is 15.1. The van der Waals surface area contributed by atoms with Gasteiger partial charge in [-0.3, -0.25) is 9.78 Å². The predicted molar refractivity (Wildman–Crippen MR) is 86.5 cm³/mol. The summed E-state index contributed by atoms with van der Waals surface area (Å²) >= 11 is 3.58. The van der Waals surface area contributed by atoms with Gasteiger partial charge in [0, 0.05) is 43.0 Å². The summed E-state index contributed by atoms with van der Waals surface area (Å²) in [5.74, 6) is 0.0647. The van der Waals surface area contributed by atoms with E-state index >= 15 is 0 Å². The minimum absolute atomic E-state index is 0.0647. The topological polar surface area (TPSA) is 36.4 Å². The number of benzene rings is 1. The minimum Gasteiger partial charge on any atom is -0.367 e. The fourth-order valence-corrected chi connectivity index (χ4v) is 3.07. The van der Waals surface area contributed by atoms with Gasteiger partial charge in [0.2, 0.25) is 0 Å². The standard InChI is InChI=1S/C16H16BrN3O/c17-14-5-1-2-6-15(14)19-8-10-20(11-9-19)16(21)13-4-3-7-18-12-13/h1-7,12H,8-11H2. The number of halogens is 1. The summed E-state index contributed by atoms with van der Waals surface area (Å²) in [6, 6.07) is 11.8. The zero-order valence-electron chi connectivity index (χ0n) is 11.6. The van der Waals surface area contributed by atoms with Crippen LogP contribution in [-0.4, -0.2) is 42.0 Å². The van der Waals surface area contributed by atoms with Crippen LogP contribution >= 0.6 is 15.9 Å². The Kier molecular flexibility index (Phi) is 4.20. The van der Waals surface area contributed by atoms with Crippen LogP contribution in [0.15, 0.2) is 53.3 Å². The van der Waals surface area contributed by atoms with Gasteiger partial charge in [-0.25, -0.2) is 0 Å². The molecule has 0 radical (unpaired) electrons. The Balaban J connectivity index is 1.66. The Morgan fingerprint density at radius 3 is 2.48 bits per heavy atom. The lowest BCUT2D eigenvalue weighted by Crippen LogP contribution is -2.48. The molecule has 0 unspecified atom stereocenters. The highest BCUT2D eigenvalue weighted by Crippen LogP contribution is 2.26. The summed E-state index contributed by atoms with van der Waals surface area (Å²) < 4.78 is 1.09. The van der Waals surface area contributed by atoms with Crippen LogP contribution in [0.25, 0.3) is 0 Å². The summed E-state index contributed by atoms with van der Waals surface area (Å²) in [7, 11) is 0. The summed E-state index contributed by atoms with van der Waals surface area (Å²) in [5, 5.41) is 0. The van der Waals surface area contributed by atoms with E-state index in [9.17, 15) is 4.79 Å². The smallest absolute Gasteiger partial charge is 0.255 e. The summed E-state index contributed by atoms with van der Waals surface area (Å²) in [6.07, 6.45) is 3.31. The zero-order chi connectivity index (χ0) is 14.7. The third kappa shape index (κ3) is 3.08. The molecule has 0 N–H and O–H groups in total. The number of hydrogen-bond acceptors (Lipinski definition) is 3. The van der Waals surface area contributed by atoms with Crippen LogP contribution in [0, 0.1) is 0 Å². The molecule has 1 aliphatic heterocycles. The van der Waals surface area contributed by atoms with Crippen molar-refractivity contribution in [3.05, 3.63) is 58.8 Å². The molecule has 2 heterocycles. The Labute approximate surface area is 132 Å². The fourth-order valence-electron chi connectivity index (χ4n) is 2.53. The first-order chi connectivity index (χ1) is 10.3. The van der Waals surface area contributed by atoms with Crippen LogP contribution in [0.3, 0.4) is 0 Å². The van der Waals surface area contributed by atoms with E-state index in [4.69, 9.17) is 0 Å². The average Bonchev–Trinajstić information content (AvgIpc) is 2.56. The quantitative estimate of drug-likeness (QED) is 0.839. The molecule has 1 aliphatic rings. The Hall–Kier alpha value is -1.88. The molecule has 0 spiro atoms. The number of para-hydroxylation sites is 1. The molecule has 1 amide bonds. The molecule has 1 aromatic carbocycles. The number of anilines is 1. The lowest BCUT2D eigenvalue weighted by molar-refractivity contribution is 0.0746. The van der Waals surface area contributed by atoms with Gasteiger partial charge in [-0.05, 0) is 40.2 Å². The molecule has 108 valence electrons. The van der Waals surface area contributed by atoms with Gasteiger partial charge in [-0.15, -0.1) is 0 Å². The highest BCUT2D eigenvalue weighted by molar-refractivity contribution is 9.10. The van der Waals surface area contributed by atoms with Crippen LogP contribution in [0.4, 0.5) is 5.69 Å². The van der Waals surface area contributed by atoms with E-state index in [1.165, 1.54) is 5.69 Å². The molecule has 4 nitrogen and oxygen atoms in total.